The first-order valence-electron chi connectivity index (χ1n) is 7.34. The molecule has 3 aromatic rings. The predicted molar refractivity (Wildman–Crippen MR) is 88.9 cm³/mol. The fraction of sp³-hybridized carbons (Fsp3) is 0.167. The summed E-state index contributed by atoms with van der Waals surface area (Å²) in [6.07, 6.45) is 0. The van der Waals surface area contributed by atoms with E-state index in [9.17, 15) is 14.1 Å². The van der Waals surface area contributed by atoms with Gasteiger partial charge in [0.05, 0.1) is 12.6 Å². The van der Waals surface area contributed by atoms with Gasteiger partial charge in [0.15, 0.2) is 11.4 Å². The maximum absolute atomic E-state index is 13.6. The van der Waals surface area contributed by atoms with Crippen molar-refractivity contribution in [3.05, 3.63) is 70.0 Å². The van der Waals surface area contributed by atoms with E-state index in [0.29, 0.717) is 17.4 Å². The second kappa shape index (κ2) is 6.23. The number of carbonyl (C=O) groups is 1. The Bertz CT molecular complexity index is 930. The molecule has 2 aromatic carbocycles. The van der Waals surface area contributed by atoms with Crippen LogP contribution in [-0.2, 0) is 6.54 Å². The molecule has 3 rings (SSSR count). The van der Waals surface area contributed by atoms with Crippen molar-refractivity contribution >= 4 is 16.8 Å². The van der Waals surface area contributed by atoms with Crippen LogP contribution in [0.1, 0.15) is 21.6 Å². The van der Waals surface area contributed by atoms with Crippen LogP contribution in [0.2, 0.25) is 0 Å². The zero-order valence-corrected chi connectivity index (χ0v) is 13.2. The molecular formula is C18H15FN2O3. The third kappa shape index (κ3) is 2.67. The van der Waals surface area contributed by atoms with Crippen molar-refractivity contribution < 1.29 is 13.9 Å². The Labute approximate surface area is 137 Å². The molecule has 0 bridgehead atoms. The molecule has 1 aromatic heterocycles. The van der Waals surface area contributed by atoms with Gasteiger partial charge in [0.2, 0.25) is 0 Å². The lowest BCUT2D eigenvalue weighted by molar-refractivity contribution is 0.0989. The maximum Gasteiger partial charge on any atom is 0.336 e. The summed E-state index contributed by atoms with van der Waals surface area (Å²) in [5, 5.41) is 2.95. The third-order valence-corrected chi connectivity index (χ3v) is 3.93. The third-order valence-electron chi connectivity index (χ3n) is 3.93. The lowest BCUT2D eigenvalue weighted by Crippen LogP contribution is -2.09. The molecule has 0 saturated carbocycles. The second-order valence-electron chi connectivity index (χ2n) is 5.51. The number of hydrogen-bond acceptors (Lipinski definition) is 3. The van der Waals surface area contributed by atoms with Crippen molar-refractivity contribution in [2.24, 2.45) is 5.18 Å². The second-order valence-corrected chi connectivity index (χ2v) is 5.51. The van der Waals surface area contributed by atoms with Gasteiger partial charge in [0.1, 0.15) is 5.82 Å². The average molecular weight is 326 g/mol. The molecule has 0 unspecified atom stereocenters. The number of methoxy groups -OCH3 is 1. The summed E-state index contributed by atoms with van der Waals surface area (Å²) in [5.41, 5.74) is 2.67. The van der Waals surface area contributed by atoms with Crippen LogP contribution in [0.3, 0.4) is 0 Å². The van der Waals surface area contributed by atoms with E-state index in [1.165, 1.54) is 19.2 Å². The van der Waals surface area contributed by atoms with E-state index >= 15 is 0 Å². The maximum atomic E-state index is 13.6. The first-order chi connectivity index (χ1) is 11.5. The quantitative estimate of drug-likeness (QED) is 0.680. The number of aromatic nitrogens is 1. The number of hydrogen-bond donors (Lipinski definition) is 0. The van der Waals surface area contributed by atoms with Crippen LogP contribution in [0, 0.1) is 17.6 Å². The standard InChI is InChI=1S/C18H15FN2O3/c1-11-3-5-12(6-4-11)10-21-15-8-7-13(19)9-14(15)17(24-2)16(21)18(22)20-23/h3-9H,10H2,1-2H3. The van der Waals surface area contributed by atoms with Gasteiger partial charge in [-0.2, -0.15) is 0 Å². The van der Waals surface area contributed by atoms with Crippen molar-refractivity contribution in [1.82, 2.24) is 4.57 Å². The van der Waals surface area contributed by atoms with Gasteiger partial charge in [-0.1, -0.05) is 29.8 Å². The first-order valence-corrected chi connectivity index (χ1v) is 7.34. The minimum absolute atomic E-state index is 0.0219. The molecule has 24 heavy (non-hydrogen) atoms. The molecule has 0 aliphatic rings. The van der Waals surface area contributed by atoms with Gasteiger partial charge in [-0.3, -0.25) is 4.79 Å². The van der Waals surface area contributed by atoms with Crippen LogP contribution < -0.4 is 4.74 Å². The van der Waals surface area contributed by atoms with Crippen LogP contribution in [0.4, 0.5) is 4.39 Å². The summed E-state index contributed by atoms with van der Waals surface area (Å²) in [7, 11) is 1.37. The highest BCUT2D eigenvalue weighted by atomic mass is 19.1. The Morgan fingerprint density at radius 2 is 1.92 bits per heavy atom. The van der Waals surface area contributed by atoms with E-state index in [4.69, 9.17) is 4.74 Å². The van der Waals surface area contributed by atoms with Gasteiger partial charge in [-0.05, 0) is 30.7 Å². The van der Waals surface area contributed by atoms with E-state index in [0.717, 1.165) is 11.1 Å². The van der Waals surface area contributed by atoms with Crippen LogP contribution in [0.5, 0.6) is 5.75 Å². The summed E-state index contributed by atoms with van der Waals surface area (Å²) in [6.45, 7) is 2.31. The topological polar surface area (TPSA) is 60.7 Å². The first kappa shape index (κ1) is 15.9. The summed E-state index contributed by atoms with van der Waals surface area (Å²) in [6, 6.07) is 11.9. The van der Waals surface area contributed by atoms with Crippen molar-refractivity contribution in [1.29, 1.82) is 0 Å². The molecule has 0 spiro atoms. The minimum Gasteiger partial charge on any atom is -0.494 e. The Kier molecular flexibility index (Phi) is 4.12. The molecular weight excluding hydrogens is 311 g/mol. The highest BCUT2D eigenvalue weighted by Crippen LogP contribution is 2.34. The molecule has 0 radical (unpaired) electrons. The van der Waals surface area contributed by atoms with Gasteiger partial charge in [0.25, 0.3) is 0 Å². The van der Waals surface area contributed by atoms with E-state index in [2.05, 4.69) is 5.18 Å². The number of rotatable bonds is 4. The zero-order valence-electron chi connectivity index (χ0n) is 13.2. The fourth-order valence-electron chi connectivity index (χ4n) is 2.80. The van der Waals surface area contributed by atoms with Gasteiger partial charge >= 0.3 is 5.91 Å². The molecule has 1 heterocycles. The fourth-order valence-corrected chi connectivity index (χ4v) is 2.80. The van der Waals surface area contributed by atoms with E-state index in [1.807, 2.05) is 31.2 Å². The molecule has 6 heteroatoms. The highest BCUT2D eigenvalue weighted by molar-refractivity contribution is 6.04. The summed E-state index contributed by atoms with van der Waals surface area (Å²) < 4.78 is 20.5. The van der Waals surface area contributed by atoms with Crippen LogP contribution in [0.25, 0.3) is 10.9 Å². The number of ether oxygens (including phenoxy) is 1. The molecule has 0 fully saturated rings. The summed E-state index contributed by atoms with van der Waals surface area (Å²) in [5.74, 6) is -1.25. The van der Waals surface area contributed by atoms with E-state index in [1.54, 1.807) is 10.6 Å². The molecule has 0 aliphatic carbocycles. The van der Waals surface area contributed by atoms with Gasteiger partial charge in [-0.15, -0.1) is 4.91 Å². The van der Waals surface area contributed by atoms with Crippen molar-refractivity contribution in [3.8, 4) is 5.75 Å². The lowest BCUT2D eigenvalue weighted by Gasteiger charge is -2.09. The molecule has 5 nitrogen and oxygen atoms in total. The molecule has 0 atom stereocenters. The van der Waals surface area contributed by atoms with Crippen molar-refractivity contribution in [2.45, 2.75) is 13.5 Å². The van der Waals surface area contributed by atoms with Crippen LogP contribution in [0.15, 0.2) is 47.6 Å². The minimum atomic E-state index is -0.949. The lowest BCUT2D eigenvalue weighted by atomic mass is 10.1. The normalized spacial score (nSPS) is 10.8. The Morgan fingerprint density at radius 1 is 1.21 bits per heavy atom. The number of amides is 1. The van der Waals surface area contributed by atoms with Crippen LogP contribution in [-0.4, -0.2) is 17.6 Å². The van der Waals surface area contributed by atoms with E-state index < -0.39 is 11.7 Å². The Hall–Kier alpha value is -3.02. The molecule has 122 valence electrons. The Morgan fingerprint density at radius 3 is 2.54 bits per heavy atom. The van der Waals surface area contributed by atoms with Gasteiger partial charge < -0.3 is 9.30 Å². The average Bonchev–Trinajstić information content (AvgIpc) is 2.88. The molecule has 0 N–H and O–H groups in total. The molecule has 1 amide bonds. The predicted octanol–water partition coefficient (Wildman–Crippen LogP) is 4.05. The summed E-state index contributed by atoms with van der Waals surface area (Å²) in [4.78, 5) is 22.9. The molecule has 0 saturated heterocycles. The van der Waals surface area contributed by atoms with Crippen LogP contribution >= 0.6 is 0 Å². The number of carbonyl (C=O) groups excluding carboxylic acids is 1. The van der Waals surface area contributed by atoms with Gasteiger partial charge in [0, 0.05) is 17.1 Å². The number of halogens is 1. The Balaban J connectivity index is 2.25. The number of aryl methyl sites for hydroxylation is 1. The number of nitroso groups, excluding NO2 is 1. The number of nitrogens with zero attached hydrogens (tertiary/aromatic N) is 2. The largest absolute Gasteiger partial charge is 0.494 e. The summed E-state index contributed by atoms with van der Waals surface area (Å²) >= 11 is 0. The zero-order chi connectivity index (χ0) is 17.3. The van der Waals surface area contributed by atoms with Crippen molar-refractivity contribution in [3.63, 3.8) is 0 Å². The van der Waals surface area contributed by atoms with Crippen molar-refractivity contribution in [2.75, 3.05) is 7.11 Å². The van der Waals surface area contributed by atoms with Gasteiger partial charge in [-0.25, -0.2) is 4.39 Å². The molecule has 0 aliphatic heterocycles. The number of benzene rings is 2. The highest BCUT2D eigenvalue weighted by Gasteiger charge is 2.25. The smallest absolute Gasteiger partial charge is 0.336 e. The SMILES string of the molecule is COc1c(C(=O)N=O)n(Cc2ccc(C)cc2)c2ccc(F)cc12. The monoisotopic (exact) mass is 326 g/mol. The van der Waals surface area contributed by atoms with E-state index in [-0.39, 0.29) is 11.4 Å². The number of fused-ring (bicyclic) bond motifs is 1.